The minimum absolute atomic E-state index is 0.0251. The number of hydrogen-bond donors (Lipinski definition) is 3. The number of para-hydroxylation sites is 1. The van der Waals surface area contributed by atoms with Crippen LogP contribution in [0.2, 0.25) is 4.34 Å². The molecule has 0 saturated carbocycles. The number of thiophene rings is 1. The molecule has 0 aliphatic carbocycles. The molecule has 1 aromatic carbocycles. The Labute approximate surface area is 152 Å². The minimum Gasteiger partial charge on any atom is -0.321 e. The molecular formula is C18H24ClN3OS+2. The lowest BCUT2D eigenvalue weighted by Gasteiger charge is -2.32. The molecule has 3 N–H and O–H groups in total. The first-order valence-corrected chi connectivity index (χ1v) is 9.59. The molecule has 128 valence electrons. The fourth-order valence-electron chi connectivity index (χ4n) is 3.19. The fourth-order valence-corrected chi connectivity index (χ4v) is 4.34. The lowest BCUT2D eigenvalue weighted by Crippen LogP contribution is -3.29. The Morgan fingerprint density at radius 2 is 1.88 bits per heavy atom. The summed E-state index contributed by atoms with van der Waals surface area (Å²) in [5.41, 5.74) is 0.868. The van der Waals surface area contributed by atoms with E-state index >= 15 is 0 Å². The minimum atomic E-state index is -0.0251. The van der Waals surface area contributed by atoms with Crippen molar-refractivity contribution in [2.45, 2.75) is 19.5 Å². The van der Waals surface area contributed by atoms with Gasteiger partial charge in [-0.2, -0.15) is 0 Å². The van der Waals surface area contributed by atoms with Crippen LogP contribution in [-0.2, 0) is 11.3 Å². The molecule has 0 bridgehead atoms. The Balaban J connectivity index is 1.47. The molecule has 24 heavy (non-hydrogen) atoms. The third kappa shape index (κ3) is 4.57. The largest absolute Gasteiger partial charge is 0.321 e. The van der Waals surface area contributed by atoms with Crippen LogP contribution in [0.3, 0.4) is 0 Å². The van der Waals surface area contributed by atoms with Crippen LogP contribution in [0.15, 0.2) is 42.5 Å². The molecule has 1 aromatic heterocycles. The van der Waals surface area contributed by atoms with Gasteiger partial charge in [0.25, 0.3) is 5.91 Å². The van der Waals surface area contributed by atoms with E-state index in [1.54, 1.807) is 16.2 Å². The molecule has 4 nitrogen and oxygen atoms in total. The van der Waals surface area contributed by atoms with Gasteiger partial charge in [0, 0.05) is 5.69 Å². The van der Waals surface area contributed by atoms with Gasteiger partial charge < -0.3 is 15.1 Å². The van der Waals surface area contributed by atoms with Gasteiger partial charge in [0.05, 0.1) is 9.21 Å². The van der Waals surface area contributed by atoms with Crippen molar-refractivity contribution in [2.24, 2.45) is 0 Å². The molecule has 1 atom stereocenters. The Morgan fingerprint density at radius 3 is 2.50 bits per heavy atom. The van der Waals surface area contributed by atoms with Crippen molar-refractivity contribution >= 4 is 34.5 Å². The molecule has 1 fully saturated rings. The van der Waals surface area contributed by atoms with Crippen LogP contribution in [0.4, 0.5) is 5.69 Å². The number of piperazine rings is 1. The van der Waals surface area contributed by atoms with E-state index in [0.29, 0.717) is 0 Å². The van der Waals surface area contributed by atoms with Crippen LogP contribution >= 0.6 is 22.9 Å². The van der Waals surface area contributed by atoms with Gasteiger partial charge in [-0.05, 0) is 31.2 Å². The average molecular weight is 366 g/mol. The van der Waals surface area contributed by atoms with Crippen molar-refractivity contribution in [3.05, 3.63) is 51.7 Å². The molecule has 2 heterocycles. The highest BCUT2D eigenvalue weighted by Gasteiger charge is 2.31. The maximum Gasteiger partial charge on any atom is 0.282 e. The van der Waals surface area contributed by atoms with Gasteiger partial charge in [0.2, 0.25) is 0 Å². The van der Waals surface area contributed by atoms with E-state index in [9.17, 15) is 4.79 Å². The summed E-state index contributed by atoms with van der Waals surface area (Å²) in [6.07, 6.45) is 0. The van der Waals surface area contributed by atoms with E-state index < -0.39 is 0 Å². The van der Waals surface area contributed by atoms with Crippen molar-refractivity contribution in [1.82, 2.24) is 0 Å². The van der Waals surface area contributed by atoms with Crippen LogP contribution in [0.25, 0.3) is 0 Å². The summed E-state index contributed by atoms with van der Waals surface area (Å²) in [6.45, 7) is 7.30. The topological polar surface area (TPSA) is 38.0 Å². The van der Waals surface area contributed by atoms with E-state index in [4.69, 9.17) is 11.6 Å². The summed E-state index contributed by atoms with van der Waals surface area (Å²) in [6, 6.07) is 13.7. The Bertz CT molecular complexity index is 668. The smallest absolute Gasteiger partial charge is 0.282 e. The van der Waals surface area contributed by atoms with E-state index in [1.165, 1.54) is 9.78 Å². The number of nitrogens with one attached hydrogen (secondary N) is 3. The average Bonchev–Trinajstić information content (AvgIpc) is 3.00. The Kier molecular flexibility index (Phi) is 5.89. The highest BCUT2D eigenvalue weighted by atomic mass is 35.5. The second-order valence-corrected chi connectivity index (χ2v) is 8.17. The number of amides is 1. The number of rotatable bonds is 5. The first-order chi connectivity index (χ1) is 11.6. The summed E-state index contributed by atoms with van der Waals surface area (Å²) in [4.78, 5) is 16.7. The third-order valence-corrected chi connectivity index (χ3v) is 5.93. The zero-order chi connectivity index (χ0) is 16.9. The number of benzene rings is 1. The van der Waals surface area contributed by atoms with Crippen molar-refractivity contribution in [2.75, 3.05) is 31.5 Å². The zero-order valence-corrected chi connectivity index (χ0v) is 15.4. The zero-order valence-electron chi connectivity index (χ0n) is 13.8. The van der Waals surface area contributed by atoms with E-state index in [-0.39, 0.29) is 11.9 Å². The van der Waals surface area contributed by atoms with E-state index in [2.05, 4.69) is 11.4 Å². The fraction of sp³-hybridized carbons (Fsp3) is 0.389. The standard InChI is InChI=1S/C18H22ClN3OS/c1-14(18(23)20-15-5-3-2-4-6-15)22-11-9-21(10-12-22)13-16-7-8-17(19)24-16/h2-8,14H,9-13H2,1H3,(H,20,23)/p+2/t14-/m1/s1. The maximum absolute atomic E-state index is 12.4. The molecule has 0 radical (unpaired) electrons. The number of carbonyl (C=O) groups excluding carboxylic acids is 1. The number of carbonyl (C=O) groups is 1. The monoisotopic (exact) mass is 365 g/mol. The van der Waals surface area contributed by atoms with Crippen molar-refractivity contribution in [3.8, 4) is 0 Å². The van der Waals surface area contributed by atoms with Crippen molar-refractivity contribution < 1.29 is 14.6 Å². The van der Waals surface area contributed by atoms with Gasteiger partial charge >= 0.3 is 0 Å². The molecule has 6 heteroatoms. The van der Waals surface area contributed by atoms with Gasteiger partial charge in [0.15, 0.2) is 6.04 Å². The molecule has 1 aliphatic heterocycles. The van der Waals surface area contributed by atoms with Crippen molar-refractivity contribution in [1.29, 1.82) is 0 Å². The summed E-state index contributed by atoms with van der Waals surface area (Å²) in [5.74, 6) is 0.102. The SMILES string of the molecule is C[C@H](C(=O)Nc1ccccc1)[NH+]1CC[NH+](Cc2ccc(Cl)s2)CC1. The highest BCUT2D eigenvalue weighted by Crippen LogP contribution is 2.20. The Hall–Kier alpha value is -1.40. The highest BCUT2D eigenvalue weighted by molar-refractivity contribution is 7.16. The number of hydrogen-bond acceptors (Lipinski definition) is 2. The van der Waals surface area contributed by atoms with Gasteiger partial charge in [-0.25, -0.2) is 0 Å². The molecule has 2 aromatic rings. The van der Waals surface area contributed by atoms with Gasteiger partial charge in [-0.1, -0.05) is 29.8 Å². The van der Waals surface area contributed by atoms with Crippen LogP contribution in [0.1, 0.15) is 11.8 Å². The predicted octanol–water partition coefficient (Wildman–Crippen LogP) is 0.712. The molecular weight excluding hydrogens is 342 g/mol. The molecule has 1 amide bonds. The first kappa shape index (κ1) is 17.4. The van der Waals surface area contributed by atoms with Crippen LogP contribution in [-0.4, -0.2) is 38.1 Å². The predicted molar refractivity (Wildman–Crippen MR) is 99.0 cm³/mol. The number of anilines is 1. The lowest BCUT2D eigenvalue weighted by atomic mass is 10.2. The number of quaternary nitrogens is 2. The van der Waals surface area contributed by atoms with Gasteiger partial charge in [0.1, 0.15) is 32.7 Å². The lowest BCUT2D eigenvalue weighted by molar-refractivity contribution is -1.02. The summed E-state index contributed by atoms with van der Waals surface area (Å²) >= 11 is 7.67. The van der Waals surface area contributed by atoms with Gasteiger partial charge in [-0.3, -0.25) is 4.79 Å². The summed E-state index contributed by atoms with van der Waals surface area (Å²) in [7, 11) is 0. The second-order valence-electron chi connectivity index (χ2n) is 6.37. The first-order valence-electron chi connectivity index (χ1n) is 8.40. The Morgan fingerprint density at radius 1 is 1.17 bits per heavy atom. The van der Waals surface area contributed by atoms with E-state index in [1.807, 2.05) is 43.3 Å². The molecule has 0 spiro atoms. The van der Waals surface area contributed by atoms with E-state index in [0.717, 1.165) is 42.7 Å². The molecule has 1 saturated heterocycles. The number of halogens is 1. The molecule has 3 rings (SSSR count). The second kappa shape index (κ2) is 8.12. The quantitative estimate of drug-likeness (QED) is 0.717. The molecule has 1 aliphatic rings. The van der Waals surface area contributed by atoms with Crippen LogP contribution < -0.4 is 15.1 Å². The summed E-state index contributed by atoms with van der Waals surface area (Å²) in [5, 5.41) is 3.01. The van der Waals surface area contributed by atoms with Gasteiger partial charge in [-0.15, -0.1) is 11.3 Å². The normalized spacial score (nSPS) is 22.1. The van der Waals surface area contributed by atoms with Crippen LogP contribution in [0.5, 0.6) is 0 Å². The summed E-state index contributed by atoms with van der Waals surface area (Å²) < 4.78 is 0.861. The van der Waals surface area contributed by atoms with Crippen LogP contribution in [0, 0.1) is 0 Å². The third-order valence-electron chi connectivity index (χ3n) is 4.70. The molecule has 0 unspecified atom stereocenters. The van der Waals surface area contributed by atoms with Crippen molar-refractivity contribution in [3.63, 3.8) is 0 Å². The maximum atomic E-state index is 12.4.